The summed E-state index contributed by atoms with van der Waals surface area (Å²) in [5.41, 5.74) is 11.4. The highest BCUT2D eigenvalue weighted by Crippen LogP contribution is 2.33. The van der Waals surface area contributed by atoms with Crippen molar-refractivity contribution in [2.45, 2.75) is 12.5 Å². The molecule has 78 valence electrons. The number of anilines is 1. The summed E-state index contributed by atoms with van der Waals surface area (Å²) in [6.45, 7) is 0. The van der Waals surface area contributed by atoms with Gasteiger partial charge in [0.15, 0.2) is 0 Å². The minimum Gasteiger partial charge on any atom is -0.398 e. The molecule has 1 aromatic carbocycles. The van der Waals surface area contributed by atoms with E-state index in [0.29, 0.717) is 8.95 Å². The minimum atomic E-state index is -2.63. The number of nitrogens with two attached hydrogens (primary N) is 2. The zero-order valence-electron chi connectivity index (χ0n) is 6.98. The van der Waals surface area contributed by atoms with Crippen LogP contribution in [-0.2, 0) is 0 Å². The fourth-order valence-corrected chi connectivity index (χ4v) is 2.27. The zero-order chi connectivity index (χ0) is 10.9. The third-order valence-corrected chi connectivity index (χ3v) is 2.87. The van der Waals surface area contributed by atoms with Gasteiger partial charge in [0.2, 0.25) is 0 Å². The molecule has 0 aliphatic heterocycles. The molecular formula is C8H8Br2F2N2. The number of nitrogen functional groups attached to an aromatic ring is 1. The first-order valence-corrected chi connectivity index (χ1v) is 5.30. The van der Waals surface area contributed by atoms with Crippen molar-refractivity contribution in [3.63, 3.8) is 0 Å². The summed E-state index contributed by atoms with van der Waals surface area (Å²) < 4.78 is 25.9. The molecule has 0 unspecified atom stereocenters. The topological polar surface area (TPSA) is 52.0 Å². The fourth-order valence-electron chi connectivity index (χ4n) is 1.02. The van der Waals surface area contributed by atoms with E-state index in [9.17, 15) is 8.78 Å². The van der Waals surface area contributed by atoms with E-state index >= 15 is 0 Å². The average Bonchev–Trinajstić information content (AvgIpc) is 2.09. The van der Waals surface area contributed by atoms with Gasteiger partial charge in [0.25, 0.3) is 6.43 Å². The van der Waals surface area contributed by atoms with Crippen molar-refractivity contribution in [3.05, 3.63) is 26.6 Å². The summed E-state index contributed by atoms with van der Waals surface area (Å²) in [4.78, 5) is 0. The van der Waals surface area contributed by atoms with Crippen LogP contribution in [0.25, 0.3) is 0 Å². The predicted octanol–water partition coefficient (Wildman–Crippen LogP) is 3.06. The van der Waals surface area contributed by atoms with Crippen molar-refractivity contribution in [1.82, 2.24) is 0 Å². The Morgan fingerprint density at radius 2 is 1.79 bits per heavy atom. The summed E-state index contributed by atoms with van der Waals surface area (Å²) in [7, 11) is 0. The maximum atomic E-state index is 12.3. The van der Waals surface area contributed by atoms with Gasteiger partial charge in [0, 0.05) is 8.95 Å². The largest absolute Gasteiger partial charge is 0.398 e. The highest BCUT2D eigenvalue weighted by atomic mass is 79.9. The molecular weight excluding hydrogens is 322 g/mol. The van der Waals surface area contributed by atoms with E-state index in [1.807, 2.05) is 0 Å². The SMILES string of the molecule is Nc1c(Br)cc(Br)cc1[C@@H](N)C(F)F. The van der Waals surface area contributed by atoms with Gasteiger partial charge in [0.05, 0.1) is 11.7 Å². The van der Waals surface area contributed by atoms with Crippen molar-refractivity contribution < 1.29 is 8.78 Å². The van der Waals surface area contributed by atoms with Crippen LogP contribution in [-0.4, -0.2) is 6.43 Å². The molecule has 0 heterocycles. The normalized spacial score (nSPS) is 13.3. The second kappa shape index (κ2) is 4.55. The van der Waals surface area contributed by atoms with Gasteiger partial charge >= 0.3 is 0 Å². The van der Waals surface area contributed by atoms with Gasteiger partial charge < -0.3 is 11.5 Å². The molecule has 1 aromatic rings. The van der Waals surface area contributed by atoms with Gasteiger partial charge in [-0.15, -0.1) is 0 Å². The predicted molar refractivity (Wildman–Crippen MR) is 59.2 cm³/mol. The number of halogens is 4. The molecule has 0 aromatic heterocycles. The Morgan fingerprint density at radius 3 is 2.29 bits per heavy atom. The first-order chi connectivity index (χ1) is 6.43. The van der Waals surface area contributed by atoms with E-state index in [2.05, 4.69) is 31.9 Å². The van der Waals surface area contributed by atoms with Crippen molar-refractivity contribution >= 4 is 37.5 Å². The molecule has 0 aliphatic rings. The van der Waals surface area contributed by atoms with Crippen LogP contribution < -0.4 is 11.5 Å². The Kier molecular flexibility index (Phi) is 3.86. The lowest BCUT2D eigenvalue weighted by atomic mass is 10.1. The highest BCUT2D eigenvalue weighted by molar-refractivity contribution is 9.11. The summed E-state index contributed by atoms with van der Waals surface area (Å²) in [5, 5.41) is 0. The molecule has 0 fully saturated rings. The van der Waals surface area contributed by atoms with Crippen LogP contribution in [0.3, 0.4) is 0 Å². The lowest BCUT2D eigenvalue weighted by Crippen LogP contribution is -2.20. The average molecular weight is 330 g/mol. The Hall–Kier alpha value is -0.200. The number of benzene rings is 1. The van der Waals surface area contributed by atoms with Gasteiger partial charge in [-0.3, -0.25) is 0 Å². The third-order valence-electron chi connectivity index (χ3n) is 1.76. The van der Waals surface area contributed by atoms with Crippen molar-refractivity contribution in [3.8, 4) is 0 Å². The standard InChI is InChI=1S/C8H8Br2F2N2/c9-3-1-4(7(14)8(11)12)6(13)5(10)2-3/h1-2,7-8H,13-14H2/t7-/m1/s1. The molecule has 0 spiro atoms. The summed E-state index contributed by atoms with van der Waals surface area (Å²) >= 11 is 6.34. The molecule has 2 nitrogen and oxygen atoms in total. The van der Waals surface area contributed by atoms with Crippen LogP contribution in [0.4, 0.5) is 14.5 Å². The number of alkyl halides is 2. The summed E-state index contributed by atoms with van der Waals surface area (Å²) in [6, 6.07) is 1.82. The summed E-state index contributed by atoms with van der Waals surface area (Å²) in [5.74, 6) is 0. The van der Waals surface area contributed by atoms with Crippen LogP contribution in [0, 0.1) is 0 Å². The maximum Gasteiger partial charge on any atom is 0.257 e. The molecule has 0 radical (unpaired) electrons. The van der Waals surface area contributed by atoms with E-state index in [-0.39, 0.29) is 11.3 Å². The van der Waals surface area contributed by atoms with E-state index in [1.165, 1.54) is 6.07 Å². The van der Waals surface area contributed by atoms with Crippen LogP contribution in [0.15, 0.2) is 21.1 Å². The molecule has 0 aliphatic carbocycles. The molecule has 1 rings (SSSR count). The molecule has 0 saturated carbocycles. The lowest BCUT2D eigenvalue weighted by Gasteiger charge is -2.14. The Balaban J connectivity index is 3.20. The van der Waals surface area contributed by atoms with E-state index in [0.717, 1.165) is 0 Å². The molecule has 0 amide bonds. The molecule has 6 heteroatoms. The molecule has 14 heavy (non-hydrogen) atoms. The van der Waals surface area contributed by atoms with Crippen LogP contribution in [0.5, 0.6) is 0 Å². The zero-order valence-corrected chi connectivity index (χ0v) is 10.1. The van der Waals surface area contributed by atoms with Gasteiger partial charge in [-0.25, -0.2) is 8.78 Å². The van der Waals surface area contributed by atoms with E-state index in [4.69, 9.17) is 11.5 Å². The second-order valence-corrected chi connectivity index (χ2v) is 4.52. The second-order valence-electron chi connectivity index (χ2n) is 2.75. The van der Waals surface area contributed by atoms with Crippen molar-refractivity contribution in [2.24, 2.45) is 5.73 Å². The quantitative estimate of drug-likeness (QED) is 0.819. The first kappa shape index (κ1) is 11.9. The molecule has 0 saturated heterocycles. The van der Waals surface area contributed by atoms with Gasteiger partial charge in [0.1, 0.15) is 0 Å². The maximum absolute atomic E-state index is 12.3. The minimum absolute atomic E-state index is 0.237. The van der Waals surface area contributed by atoms with Gasteiger partial charge in [-0.2, -0.15) is 0 Å². The highest BCUT2D eigenvalue weighted by Gasteiger charge is 2.21. The Morgan fingerprint density at radius 1 is 1.21 bits per heavy atom. The molecule has 4 N–H and O–H groups in total. The first-order valence-electron chi connectivity index (χ1n) is 3.71. The monoisotopic (exact) mass is 328 g/mol. The van der Waals surface area contributed by atoms with E-state index in [1.54, 1.807) is 6.07 Å². The van der Waals surface area contributed by atoms with Crippen LogP contribution in [0.1, 0.15) is 11.6 Å². The fraction of sp³-hybridized carbons (Fsp3) is 0.250. The van der Waals surface area contributed by atoms with E-state index < -0.39 is 12.5 Å². The van der Waals surface area contributed by atoms with Crippen LogP contribution >= 0.6 is 31.9 Å². The summed E-state index contributed by atoms with van der Waals surface area (Å²) in [6.07, 6.45) is -2.63. The Bertz CT molecular complexity index is 344. The van der Waals surface area contributed by atoms with Crippen molar-refractivity contribution in [2.75, 3.05) is 5.73 Å². The van der Waals surface area contributed by atoms with Gasteiger partial charge in [-0.1, -0.05) is 15.9 Å². The van der Waals surface area contributed by atoms with Gasteiger partial charge in [-0.05, 0) is 33.6 Å². The smallest absolute Gasteiger partial charge is 0.257 e. The number of hydrogen-bond donors (Lipinski definition) is 2. The molecule has 1 atom stereocenters. The Labute approximate surface area is 96.9 Å². The molecule has 0 bridgehead atoms. The number of hydrogen-bond acceptors (Lipinski definition) is 2. The van der Waals surface area contributed by atoms with Crippen molar-refractivity contribution in [1.29, 1.82) is 0 Å². The van der Waals surface area contributed by atoms with Crippen LogP contribution in [0.2, 0.25) is 0 Å². The third kappa shape index (κ3) is 2.43. The number of rotatable bonds is 2. The lowest BCUT2D eigenvalue weighted by molar-refractivity contribution is 0.116.